The molecule has 140 valence electrons. The molecular weight excluding hydrogens is 328 g/mol. The average molecular weight is 356 g/mol. The van der Waals surface area contributed by atoms with Gasteiger partial charge in [-0.15, -0.1) is 0 Å². The molecule has 3 rings (SSSR count). The number of rotatable bonds is 5. The highest BCUT2D eigenvalue weighted by molar-refractivity contribution is 5.80. The summed E-state index contributed by atoms with van der Waals surface area (Å²) in [6.07, 6.45) is 4.33. The molecule has 1 aromatic rings. The molecule has 0 aromatic heterocycles. The van der Waals surface area contributed by atoms with E-state index < -0.39 is 6.04 Å². The first-order valence-electron chi connectivity index (χ1n) is 9.54. The maximum atomic E-state index is 12.5. The third-order valence-corrected chi connectivity index (χ3v) is 5.38. The summed E-state index contributed by atoms with van der Waals surface area (Å²) in [4.78, 5) is 14.8. The van der Waals surface area contributed by atoms with E-state index in [1.165, 1.54) is 5.69 Å². The normalized spacial score (nSPS) is 24.5. The van der Waals surface area contributed by atoms with E-state index in [9.17, 15) is 10.1 Å². The van der Waals surface area contributed by atoms with E-state index >= 15 is 0 Å². The second kappa shape index (κ2) is 9.02. The summed E-state index contributed by atoms with van der Waals surface area (Å²) in [5.41, 5.74) is 8.29. The number of nitrogens with zero attached hydrogens (tertiary/aromatic N) is 2. The lowest BCUT2D eigenvalue weighted by Gasteiger charge is -2.29. The Morgan fingerprint density at radius 1 is 1.27 bits per heavy atom. The molecule has 3 atom stereocenters. The lowest BCUT2D eigenvalue weighted by molar-refractivity contribution is -0.126. The third kappa shape index (κ3) is 4.75. The monoisotopic (exact) mass is 356 g/mol. The Kier molecular flexibility index (Phi) is 6.48. The smallest absolute Gasteiger partial charge is 0.225 e. The van der Waals surface area contributed by atoms with Crippen LogP contribution in [0.3, 0.4) is 0 Å². The Labute approximate surface area is 155 Å². The zero-order valence-electron chi connectivity index (χ0n) is 15.2. The van der Waals surface area contributed by atoms with E-state index in [1.54, 1.807) is 0 Å². The fourth-order valence-electron chi connectivity index (χ4n) is 3.79. The number of anilines is 1. The predicted octanol–water partition coefficient (Wildman–Crippen LogP) is 1.59. The Balaban J connectivity index is 1.55. The Morgan fingerprint density at radius 3 is 2.62 bits per heavy atom. The van der Waals surface area contributed by atoms with Crippen molar-refractivity contribution >= 4 is 11.6 Å². The van der Waals surface area contributed by atoms with Crippen molar-refractivity contribution in [3.05, 3.63) is 29.8 Å². The lowest BCUT2D eigenvalue weighted by Crippen LogP contribution is -2.47. The topological polar surface area (TPSA) is 91.4 Å². The van der Waals surface area contributed by atoms with Crippen molar-refractivity contribution in [3.8, 4) is 6.07 Å². The van der Waals surface area contributed by atoms with Crippen molar-refractivity contribution in [1.29, 1.82) is 5.26 Å². The second-order valence-electron chi connectivity index (χ2n) is 7.22. The van der Waals surface area contributed by atoms with Crippen molar-refractivity contribution < 1.29 is 9.53 Å². The highest BCUT2D eigenvalue weighted by Crippen LogP contribution is 2.23. The third-order valence-electron chi connectivity index (χ3n) is 5.38. The van der Waals surface area contributed by atoms with Gasteiger partial charge in [0.05, 0.1) is 25.2 Å². The summed E-state index contributed by atoms with van der Waals surface area (Å²) in [7, 11) is 0. The van der Waals surface area contributed by atoms with Crippen LogP contribution in [-0.4, -0.2) is 44.3 Å². The summed E-state index contributed by atoms with van der Waals surface area (Å²) in [6, 6.07) is 9.83. The van der Waals surface area contributed by atoms with Crippen LogP contribution in [0.1, 0.15) is 31.2 Å². The molecule has 0 bridgehead atoms. The highest BCUT2D eigenvalue weighted by Gasteiger charge is 2.29. The molecule has 0 spiro atoms. The van der Waals surface area contributed by atoms with E-state index in [0.29, 0.717) is 6.42 Å². The maximum Gasteiger partial charge on any atom is 0.225 e. The summed E-state index contributed by atoms with van der Waals surface area (Å²) in [5.74, 6) is -0.239. The van der Waals surface area contributed by atoms with Crippen molar-refractivity contribution in [3.63, 3.8) is 0 Å². The van der Waals surface area contributed by atoms with Gasteiger partial charge in [0.1, 0.15) is 6.04 Å². The minimum absolute atomic E-state index is 0.0753. The molecule has 1 aromatic carbocycles. The van der Waals surface area contributed by atoms with E-state index in [1.807, 2.05) is 12.1 Å². The van der Waals surface area contributed by atoms with Gasteiger partial charge in [-0.05, 0) is 30.5 Å². The van der Waals surface area contributed by atoms with Gasteiger partial charge in [0.25, 0.3) is 0 Å². The molecule has 1 saturated carbocycles. The maximum absolute atomic E-state index is 12.5. The molecule has 0 unspecified atom stereocenters. The SMILES string of the molecule is N#C[C@H](Cc1ccc(N2CCOCC2)cc1)NC(=O)[C@@H]1CCCC[C@@H]1N. The molecule has 1 heterocycles. The summed E-state index contributed by atoms with van der Waals surface area (Å²) < 4.78 is 5.38. The molecule has 1 saturated heterocycles. The lowest BCUT2D eigenvalue weighted by atomic mass is 9.84. The van der Waals surface area contributed by atoms with Crippen LogP contribution in [0.15, 0.2) is 24.3 Å². The van der Waals surface area contributed by atoms with E-state index in [2.05, 4.69) is 28.4 Å². The van der Waals surface area contributed by atoms with Gasteiger partial charge in [0.2, 0.25) is 5.91 Å². The molecule has 2 fully saturated rings. The van der Waals surface area contributed by atoms with Gasteiger partial charge < -0.3 is 20.7 Å². The molecule has 1 aliphatic heterocycles. The fourth-order valence-corrected chi connectivity index (χ4v) is 3.79. The first-order valence-corrected chi connectivity index (χ1v) is 9.54. The van der Waals surface area contributed by atoms with E-state index in [4.69, 9.17) is 10.5 Å². The van der Waals surface area contributed by atoms with Gasteiger partial charge in [-0.25, -0.2) is 0 Å². The first-order chi connectivity index (χ1) is 12.7. The Hall–Kier alpha value is -2.10. The number of hydrogen-bond acceptors (Lipinski definition) is 5. The van der Waals surface area contributed by atoms with E-state index in [-0.39, 0.29) is 17.9 Å². The van der Waals surface area contributed by atoms with Crippen molar-refractivity contribution in [2.75, 3.05) is 31.2 Å². The molecular formula is C20H28N4O2. The number of carbonyl (C=O) groups excluding carboxylic acids is 1. The number of hydrogen-bond donors (Lipinski definition) is 2. The average Bonchev–Trinajstić information content (AvgIpc) is 2.69. The van der Waals surface area contributed by atoms with Crippen LogP contribution in [0.5, 0.6) is 0 Å². The number of benzene rings is 1. The Morgan fingerprint density at radius 2 is 1.96 bits per heavy atom. The van der Waals surface area contributed by atoms with Gasteiger partial charge in [-0.2, -0.15) is 5.26 Å². The zero-order chi connectivity index (χ0) is 18.4. The molecule has 0 radical (unpaired) electrons. The van der Waals surface area contributed by atoms with Gasteiger partial charge in [0.15, 0.2) is 0 Å². The predicted molar refractivity (Wildman–Crippen MR) is 101 cm³/mol. The van der Waals surface area contributed by atoms with Crippen LogP contribution in [0.25, 0.3) is 0 Å². The number of morpholine rings is 1. The summed E-state index contributed by atoms with van der Waals surface area (Å²) >= 11 is 0. The molecule has 6 nitrogen and oxygen atoms in total. The quantitative estimate of drug-likeness (QED) is 0.836. The molecule has 1 amide bonds. The van der Waals surface area contributed by atoms with Crippen molar-refractivity contribution in [2.45, 2.75) is 44.2 Å². The minimum Gasteiger partial charge on any atom is -0.378 e. The molecule has 6 heteroatoms. The van der Waals surface area contributed by atoms with Crippen molar-refractivity contribution in [2.24, 2.45) is 11.7 Å². The van der Waals surface area contributed by atoms with Gasteiger partial charge in [0, 0.05) is 31.2 Å². The molecule has 2 aliphatic rings. The summed E-state index contributed by atoms with van der Waals surface area (Å²) in [5, 5.41) is 12.3. The number of amides is 1. The number of ether oxygens (including phenoxy) is 1. The minimum atomic E-state index is -0.522. The van der Waals surface area contributed by atoms with Crippen LogP contribution in [-0.2, 0) is 16.0 Å². The second-order valence-corrected chi connectivity index (χ2v) is 7.22. The van der Waals surface area contributed by atoms with Crippen LogP contribution >= 0.6 is 0 Å². The molecule has 3 N–H and O–H groups in total. The van der Waals surface area contributed by atoms with Crippen LogP contribution in [0.2, 0.25) is 0 Å². The number of nitrogens with one attached hydrogen (secondary N) is 1. The number of nitrogens with two attached hydrogens (primary N) is 1. The van der Waals surface area contributed by atoms with Crippen molar-refractivity contribution in [1.82, 2.24) is 5.32 Å². The van der Waals surface area contributed by atoms with Crippen LogP contribution in [0.4, 0.5) is 5.69 Å². The van der Waals surface area contributed by atoms with Gasteiger partial charge in [-0.1, -0.05) is 25.0 Å². The molecule has 26 heavy (non-hydrogen) atoms. The van der Waals surface area contributed by atoms with Crippen LogP contribution < -0.4 is 16.0 Å². The number of nitriles is 1. The fraction of sp³-hybridized carbons (Fsp3) is 0.600. The van der Waals surface area contributed by atoms with Crippen LogP contribution in [0, 0.1) is 17.2 Å². The first kappa shape index (κ1) is 18.7. The highest BCUT2D eigenvalue weighted by atomic mass is 16.5. The zero-order valence-corrected chi connectivity index (χ0v) is 15.2. The largest absolute Gasteiger partial charge is 0.378 e. The van der Waals surface area contributed by atoms with Gasteiger partial charge >= 0.3 is 0 Å². The summed E-state index contributed by atoms with van der Waals surface area (Å²) in [6.45, 7) is 3.32. The Bertz CT molecular complexity index is 634. The number of carbonyl (C=O) groups is 1. The standard InChI is InChI=1S/C20H28N4O2/c21-14-16(23-20(25)18-3-1-2-4-19(18)22)13-15-5-7-17(8-6-15)24-9-11-26-12-10-24/h5-8,16,18-19H,1-4,9-13,22H2,(H,23,25)/t16-,18+,19-/m0/s1. The van der Waals surface area contributed by atoms with E-state index in [0.717, 1.165) is 57.6 Å². The van der Waals surface area contributed by atoms with Gasteiger partial charge in [-0.3, -0.25) is 4.79 Å². The molecule has 1 aliphatic carbocycles.